The van der Waals surface area contributed by atoms with E-state index in [0.29, 0.717) is 18.9 Å². The standard InChI is InChI=1S/C19H28NO7P/c1-14(2)8-6-4-5-7-9-18(21)20-13-15-10-11-16(17(12-15)25-3)26-19(22)27-28(23)24/h6,8,10-12,14,23-24H,4-5,7,9,13H2,1-3H3,(H,20,21)/b8-6+. The summed E-state index contributed by atoms with van der Waals surface area (Å²) in [4.78, 5) is 40.5. The van der Waals surface area contributed by atoms with Crippen LogP contribution < -0.4 is 14.8 Å². The van der Waals surface area contributed by atoms with Crippen LogP contribution >= 0.6 is 8.60 Å². The van der Waals surface area contributed by atoms with Gasteiger partial charge in [-0.1, -0.05) is 32.1 Å². The zero-order chi connectivity index (χ0) is 20.9. The van der Waals surface area contributed by atoms with Gasteiger partial charge < -0.3 is 29.1 Å². The summed E-state index contributed by atoms with van der Waals surface area (Å²) in [7, 11) is -1.45. The first-order chi connectivity index (χ1) is 13.3. The Morgan fingerprint density at radius 1 is 1.21 bits per heavy atom. The van der Waals surface area contributed by atoms with Gasteiger partial charge in [0.2, 0.25) is 5.91 Å². The van der Waals surface area contributed by atoms with Crippen molar-refractivity contribution in [1.29, 1.82) is 0 Å². The molecule has 156 valence electrons. The molecular formula is C19H28NO7P. The number of rotatable bonds is 11. The molecule has 1 aromatic carbocycles. The predicted octanol–water partition coefficient (Wildman–Crippen LogP) is 3.81. The lowest BCUT2D eigenvalue weighted by molar-refractivity contribution is -0.121. The zero-order valence-corrected chi connectivity index (χ0v) is 17.3. The molecule has 8 nitrogen and oxygen atoms in total. The molecule has 0 bridgehead atoms. The fourth-order valence-electron chi connectivity index (χ4n) is 2.29. The first kappa shape index (κ1) is 23.9. The third-order valence-corrected chi connectivity index (χ3v) is 3.93. The number of hydrogen-bond donors (Lipinski definition) is 3. The number of carbonyl (C=O) groups excluding carboxylic acids is 2. The maximum atomic E-state index is 11.9. The second-order valence-corrected chi connectivity index (χ2v) is 7.06. The summed E-state index contributed by atoms with van der Waals surface area (Å²) < 4.78 is 14.1. The summed E-state index contributed by atoms with van der Waals surface area (Å²) in [6, 6.07) is 4.74. The summed E-state index contributed by atoms with van der Waals surface area (Å²) in [5.74, 6) is 0.828. The van der Waals surface area contributed by atoms with Crippen molar-refractivity contribution in [3.05, 3.63) is 35.9 Å². The molecule has 0 aliphatic carbocycles. The van der Waals surface area contributed by atoms with Gasteiger partial charge >= 0.3 is 14.8 Å². The van der Waals surface area contributed by atoms with Crippen molar-refractivity contribution in [3.63, 3.8) is 0 Å². The molecular weight excluding hydrogens is 385 g/mol. The molecule has 0 saturated heterocycles. The molecule has 0 aromatic heterocycles. The molecule has 0 spiro atoms. The smallest absolute Gasteiger partial charge is 0.493 e. The summed E-state index contributed by atoms with van der Waals surface area (Å²) in [6.07, 6.45) is 6.29. The van der Waals surface area contributed by atoms with Gasteiger partial charge in [-0.2, -0.15) is 0 Å². The molecule has 1 amide bonds. The Bertz CT molecular complexity index is 662. The Balaban J connectivity index is 2.43. The van der Waals surface area contributed by atoms with Crippen LogP contribution in [0.4, 0.5) is 4.79 Å². The molecule has 0 fully saturated rings. The number of hydrogen-bond acceptors (Lipinski definition) is 7. The fraction of sp³-hybridized carbons (Fsp3) is 0.474. The predicted molar refractivity (Wildman–Crippen MR) is 106 cm³/mol. The van der Waals surface area contributed by atoms with Crippen LogP contribution in [0, 0.1) is 5.92 Å². The average molecular weight is 413 g/mol. The minimum absolute atomic E-state index is 0.0324. The topological polar surface area (TPSA) is 114 Å². The van der Waals surface area contributed by atoms with Gasteiger partial charge in [-0.15, -0.1) is 0 Å². The zero-order valence-electron chi connectivity index (χ0n) is 16.4. The van der Waals surface area contributed by atoms with Crippen LogP contribution in [0.15, 0.2) is 30.4 Å². The molecule has 0 atom stereocenters. The van der Waals surface area contributed by atoms with Crippen molar-refractivity contribution in [2.45, 2.75) is 46.1 Å². The average Bonchev–Trinajstić information content (AvgIpc) is 2.62. The van der Waals surface area contributed by atoms with Crippen LogP contribution in [-0.2, 0) is 15.9 Å². The number of methoxy groups -OCH3 is 1. The number of carbonyl (C=O) groups is 2. The fourth-order valence-corrected chi connectivity index (χ4v) is 2.46. The van der Waals surface area contributed by atoms with Gasteiger partial charge in [0.05, 0.1) is 7.11 Å². The van der Waals surface area contributed by atoms with Gasteiger partial charge in [-0.3, -0.25) is 4.79 Å². The number of unbranched alkanes of at least 4 members (excludes halogenated alkanes) is 2. The van der Waals surface area contributed by atoms with Crippen LogP contribution in [0.3, 0.4) is 0 Å². The maximum absolute atomic E-state index is 11.9. The van der Waals surface area contributed by atoms with E-state index in [4.69, 9.17) is 19.3 Å². The SMILES string of the molecule is COc1cc(CNC(=O)CCCC/C=C/C(C)C)ccc1OC(=O)OP(O)O. The summed E-state index contributed by atoms with van der Waals surface area (Å²) in [5.41, 5.74) is 0.761. The molecule has 1 aromatic rings. The van der Waals surface area contributed by atoms with Crippen LogP contribution in [0.1, 0.15) is 45.1 Å². The normalized spacial score (nSPS) is 11.1. The van der Waals surface area contributed by atoms with Crippen molar-refractivity contribution in [2.24, 2.45) is 5.92 Å². The highest BCUT2D eigenvalue weighted by molar-refractivity contribution is 7.40. The van der Waals surface area contributed by atoms with Crippen LogP contribution in [0.25, 0.3) is 0 Å². The number of amides is 1. The molecule has 0 unspecified atom stereocenters. The molecule has 0 heterocycles. The second kappa shape index (κ2) is 13.1. The maximum Gasteiger partial charge on any atom is 0.520 e. The minimum Gasteiger partial charge on any atom is -0.493 e. The van der Waals surface area contributed by atoms with E-state index in [9.17, 15) is 9.59 Å². The van der Waals surface area contributed by atoms with E-state index in [-0.39, 0.29) is 17.4 Å². The van der Waals surface area contributed by atoms with Crippen LogP contribution in [0.2, 0.25) is 0 Å². The highest BCUT2D eigenvalue weighted by atomic mass is 31.2. The van der Waals surface area contributed by atoms with Crippen molar-refractivity contribution < 1.29 is 33.4 Å². The van der Waals surface area contributed by atoms with E-state index < -0.39 is 14.8 Å². The Kier molecular flexibility index (Phi) is 11.2. The number of benzene rings is 1. The van der Waals surface area contributed by atoms with E-state index in [2.05, 4.69) is 35.8 Å². The van der Waals surface area contributed by atoms with Gasteiger partial charge in [0, 0.05) is 13.0 Å². The highest BCUT2D eigenvalue weighted by Crippen LogP contribution is 2.31. The largest absolute Gasteiger partial charge is 0.520 e. The monoisotopic (exact) mass is 413 g/mol. The highest BCUT2D eigenvalue weighted by Gasteiger charge is 2.15. The lowest BCUT2D eigenvalue weighted by Gasteiger charge is -2.11. The molecule has 3 N–H and O–H groups in total. The van der Waals surface area contributed by atoms with E-state index in [1.165, 1.54) is 13.2 Å². The lowest BCUT2D eigenvalue weighted by Crippen LogP contribution is -2.22. The van der Waals surface area contributed by atoms with Gasteiger partial charge in [0.1, 0.15) is 0 Å². The molecule has 0 aliphatic heterocycles. The Hall–Kier alpha value is -2.15. The van der Waals surface area contributed by atoms with Crippen molar-refractivity contribution in [3.8, 4) is 11.5 Å². The van der Waals surface area contributed by atoms with Gasteiger partial charge in [0.25, 0.3) is 0 Å². The molecule has 1 rings (SSSR count). The summed E-state index contributed by atoms with van der Waals surface area (Å²) in [5, 5.41) is 2.84. The number of nitrogens with one attached hydrogen (secondary N) is 1. The van der Waals surface area contributed by atoms with Crippen LogP contribution in [0.5, 0.6) is 11.5 Å². The van der Waals surface area contributed by atoms with Crippen LogP contribution in [-0.4, -0.2) is 29.0 Å². The second-order valence-electron chi connectivity index (χ2n) is 6.38. The Morgan fingerprint density at radius 2 is 1.96 bits per heavy atom. The van der Waals surface area contributed by atoms with E-state index in [1.54, 1.807) is 12.1 Å². The molecule has 9 heteroatoms. The van der Waals surface area contributed by atoms with Gasteiger partial charge in [0.15, 0.2) is 11.5 Å². The first-order valence-corrected chi connectivity index (χ1v) is 10.2. The third-order valence-electron chi connectivity index (χ3n) is 3.61. The van der Waals surface area contributed by atoms with E-state index in [1.807, 2.05) is 0 Å². The number of ether oxygens (including phenoxy) is 2. The van der Waals surface area contributed by atoms with E-state index in [0.717, 1.165) is 24.8 Å². The summed E-state index contributed by atoms with van der Waals surface area (Å²) >= 11 is 0. The van der Waals surface area contributed by atoms with E-state index >= 15 is 0 Å². The number of allylic oxidation sites excluding steroid dienone is 2. The van der Waals surface area contributed by atoms with Gasteiger partial charge in [-0.05, 0) is 42.9 Å². The Labute approximate surface area is 166 Å². The minimum atomic E-state index is -2.85. The molecule has 0 aliphatic rings. The third kappa shape index (κ3) is 10.3. The molecule has 0 saturated carbocycles. The lowest BCUT2D eigenvalue weighted by atomic mass is 10.1. The molecule has 28 heavy (non-hydrogen) atoms. The van der Waals surface area contributed by atoms with Crippen molar-refractivity contribution >= 4 is 20.7 Å². The quantitative estimate of drug-likeness (QED) is 0.166. The molecule has 0 radical (unpaired) electrons. The Morgan fingerprint density at radius 3 is 2.61 bits per heavy atom. The first-order valence-electron chi connectivity index (χ1n) is 8.99. The van der Waals surface area contributed by atoms with Gasteiger partial charge in [-0.25, -0.2) is 4.79 Å². The van der Waals surface area contributed by atoms with Crippen molar-refractivity contribution in [2.75, 3.05) is 7.11 Å². The van der Waals surface area contributed by atoms with Crippen molar-refractivity contribution in [1.82, 2.24) is 5.32 Å². The summed E-state index contributed by atoms with van der Waals surface area (Å²) in [6.45, 7) is 4.57.